The van der Waals surface area contributed by atoms with Crippen LogP contribution in [0.5, 0.6) is 0 Å². The summed E-state index contributed by atoms with van der Waals surface area (Å²) in [5, 5.41) is 2.16. The minimum atomic E-state index is 0.00266. The third-order valence-electron chi connectivity index (χ3n) is 5.64. The molecule has 2 nitrogen and oxygen atoms in total. The van der Waals surface area contributed by atoms with Gasteiger partial charge in [0.25, 0.3) is 5.91 Å². The number of aryl methyl sites for hydroxylation is 2. The first kappa shape index (κ1) is 18.9. The molecule has 1 amide bonds. The second-order valence-electron chi connectivity index (χ2n) is 7.66. The van der Waals surface area contributed by atoms with E-state index in [1.165, 1.54) is 40.0 Å². The zero-order chi connectivity index (χ0) is 19.5. The van der Waals surface area contributed by atoms with Gasteiger partial charge in [0.2, 0.25) is 0 Å². The van der Waals surface area contributed by atoms with Gasteiger partial charge in [0, 0.05) is 17.0 Å². The highest BCUT2D eigenvalue weighted by Gasteiger charge is 2.33. The summed E-state index contributed by atoms with van der Waals surface area (Å²) in [5.41, 5.74) is 5.82. The molecule has 1 aliphatic heterocycles. The van der Waals surface area contributed by atoms with Gasteiger partial charge in [0.15, 0.2) is 0 Å². The number of nitrogens with zero attached hydrogens (tertiary/aromatic N) is 1. The second kappa shape index (κ2) is 8.32. The summed E-state index contributed by atoms with van der Waals surface area (Å²) in [6.45, 7) is 5.07. The lowest BCUT2D eigenvalue weighted by Crippen LogP contribution is -2.40. The van der Waals surface area contributed by atoms with Gasteiger partial charge >= 0.3 is 0 Å². The maximum atomic E-state index is 13.4. The standard InChI is InChI=1S/C25H27NOS/c1-3-4-5-19-8-12-21(13-9-19)25(27)26-16-14-23-22(15-17-28-23)24(26)20-10-6-18(2)7-11-20/h6-13,15,17,24H,3-5,14,16H2,1-2H3/t24-/m0/s1. The summed E-state index contributed by atoms with van der Waals surface area (Å²) < 4.78 is 0. The van der Waals surface area contributed by atoms with Crippen molar-refractivity contribution in [2.75, 3.05) is 6.54 Å². The number of rotatable bonds is 5. The van der Waals surface area contributed by atoms with Crippen LogP contribution >= 0.6 is 11.3 Å². The van der Waals surface area contributed by atoms with Crippen LogP contribution in [0.4, 0.5) is 0 Å². The molecule has 0 fully saturated rings. The Morgan fingerprint density at radius 1 is 1.07 bits per heavy atom. The van der Waals surface area contributed by atoms with E-state index in [4.69, 9.17) is 0 Å². The van der Waals surface area contributed by atoms with E-state index in [0.29, 0.717) is 0 Å². The number of unbranched alkanes of at least 4 members (excludes halogenated alkanes) is 1. The van der Waals surface area contributed by atoms with E-state index in [9.17, 15) is 4.79 Å². The number of amides is 1. The Bertz CT molecular complexity index is 939. The molecule has 0 saturated heterocycles. The molecule has 2 aromatic carbocycles. The molecule has 28 heavy (non-hydrogen) atoms. The van der Waals surface area contributed by atoms with Crippen molar-refractivity contribution in [3.05, 3.63) is 92.7 Å². The lowest BCUT2D eigenvalue weighted by Gasteiger charge is -2.36. The second-order valence-corrected chi connectivity index (χ2v) is 8.66. The van der Waals surface area contributed by atoms with Gasteiger partial charge in [0.1, 0.15) is 0 Å². The van der Waals surface area contributed by atoms with E-state index in [0.717, 1.165) is 24.9 Å². The minimum Gasteiger partial charge on any atom is -0.327 e. The topological polar surface area (TPSA) is 20.3 Å². The number of carbonyl (C=O) groups excluding carboxylic acids is 1. The minimum absolute atomic E-state index is 0.00266. The Morgan fingerprint density at radius 2 is 1.82 bits per heavy atom. The van der Waals surface area contributed by atoms with Crippen molar-refractivity contribution >= 4 is 17.2 Å². The molecule has 0 N–H and O–H groups in total. The average Bonchev–Trinajstić information content (AvgIpc) is 3.21. The molecule has 0 aliphatic carbocycles. The van der Waals surface area contributed by atoms with Gasteiger partial charge in [-0.3, -0.25) is 4.79 Å². The fourth-order valence-corrected chi connectivity index (χ4v) is 4.91. The fourth-order valence-electron chi connectivity index (χ4n) is 4.00. The predicted octanol–water partition coefficient (Wildman–Crippen LogP) is 6.19. The molecule has 0 spiro atoms. The van der Waals surface area contributed by atoms with Crippen LogP contribution in [0.15, 0.2) is 60.0 Å². The molecule has 1 atom stereocenters. The van der Waals surface area contributed by atoms with Gasteiger partial charge in [-0.25, -0.2) is 0 Å². The largest absolute Gasteiger partial charge is 0.327 e. The maximum Gasteiger partial charge on any atom is 0.254 e. The van der Waals surface area contributed by atoms with Gasteiger partial charge in [-0.15, -0.1) is 11.3 Å². The normalized spacial score (nSPS) is 16.1. The van der Waals surface area contributed by atoms with Crippen molar-refractivity contribution in [2.45, 2.75) is 45.6 Å². The van der Waals surface area contributed by atoms with Gasteiger partial charge in [-0.05, 0) is 66.5 Å². The van der Waals surface area contributed by atoms with Crippen LogP contribution in [0.25, 0.3) is 0 Å². The van der Waals surface area contributed by atoms with Crippen molar-refractivity contribution in [2.24, 2.45) is 0 Å². The third-order valence-corrected chi connectivity index (χ3v) is 6.64. The van der Waals surface area contributed by atoms with Crippen LogP contribution in [0.1, 0.15) is 63.3 Å². The first-order chi connectivity index (χ1) is 13.7. The van der Waals surface area contributed by atoms with Crippen molar-refractivity contribution in [3.63, 3.8) is 0 Å². The Kier molecular flexibility index (Phi) is 5.63. The quantitative estimate of drug-likeness (QED) is 0.510. The molecule has 1 aliphatic rings. The van der Waals surface area contributed by atoms with Crippen molar-refractivity contribution in [3.8, 4) is 0 Å². The zero-order valence-electron chi connectivity index (χ0n) is 16.7. The Labute approximate surface area is 171 Å². The number of hydrogen-bond acceptors (Lipinski definition) is 2. The van der Waals surface area contributed by atoms with Crippen LogP contribution in [0.2, 0.25) is 0 Å². The van der Waals surface area contributed by atoms with E-state index in [-0.39, 0.29) is 11.9 Å². The first-order valence-electron chi connectivity index (χ1n) is 10.2. The zero-order valence-corrected chi connectivity index (χ0v) is 17.5. The highest BCUT2D eigenvalue weighted by Crippen LogP contribution is 2.38. The fraction of sp³-hybridized carbons (Fsp3) is 0.320. The van der Waals surface area contributed by atoms with E-state index in [2.05, 4.69) is 66.6 Å². The summed E-state index contributed by atoms with van der Waals surface area (Å²) in [6.07, 6.45) is 4.40. The molecule has 0 bridgehead atoms. The van der Waals surface area contributed by atoms with Crippen LogP contribution in [0.3, 0.4) is 0 Å². The van der Waals surface area contributed by atoms with E-state index >= 15 is 0 Å². The predicted molar refractivity (Wildman–Crippen MR) is 117 cm³/mol. The molecule has 2 heterocycles. The maximum absolute atomic E-state index is 13.4. The number of thiophene rings is 1. The number of fused-ring (bicyclic) bond motifs is 1. The molecular weight excluding hydrogens is 362 g/mol. The highest BCUT2D eigenvalue weighted by atomic mass is 32.1. The van der Waals surface area contributed by atoms with Crippen molar-refractivity contribution < 1.29 is 4.79 Å². The van der Waals surface area contributed by atoms with E-state index in [1.807, 2.05) is 23.5 Å². The summed E-state index contributed by atoms with van der Waals surface area (Å²) in [4.78, 5) is 16.9. The first-order valence-corrected chi connectivity index (χ1v) is 11.1. The van der Waals surface area contributed by atoms with Gasteiger partial charge in [0.05, 0.1) is 6.04 Å². The van der Waals surface area contributed by atoms with Crippen LogP contribution in [0, 0.1) is 6.92 Å². The molecular formula is C25H27NOS. The van der Waals surface area contributed by atoms with Crippen molar-refractivity contribution in [1.29, 1.82) is 0 Å². The molecule has 1 aromatic heterocycles. The average molecular weight is 390 g/mol. The number of hydrogen-bond donors (Lipinski definition) is 0. The SMILES string of the molecule is CCCCc1ccc(C(=O)N2CCc3sccc3[C@@H]2c2ccc(C)cc2)cc1. The summed E-state index contributed by atoms with van der Waals surface area (Å²) >= 11 is 1.81. The van der Waals surface area contributed by atoms with Gasteiger partial charge in [-0.1, -0.05) is 55.3 Å². The van der Waals surface area contributed by atoms with Crippen molar-refractivity contribution in [1.82, 2.24) is 4.90 Å². The summed E-state index contributed by atoms with van der Waals surface area (Å²) in [5.74, 6) is 0.129. The summed E-state index contributed by atoms with van der Waals surface area (Å²) in [7, 11) is 0. The monoisotopic (exact) mass is 389 g/mol. The Hall–Kier alpha value is -2.39. The lowest BCUT2D eigenvalue weighted by atomic mass is 9.92. The Morgan fingerprint density at radius 3 is 2.54 bits per heavy atom. The van der Waals surface area contributed by atoms with Gasteiger partial charge in [-0.2, -0.15) is 0 Å². The third kappa shape index (κ3) is 3.77. The van der Waals surface area contributed by atoms with E-state index in [1.54, 1.807) is 0 Å². The molecule has 0 saturated carbocycles. The molecule has 0 radical (unpaired) electrons. The summed E-state index contributed by atoms with van der Waals surface area (Å²) in [6, 6.07) is 19.0. The molecule has 144 valence electrons. The van der Waals surface area contributed by atoms with Gasteiger partial charge < -0.3 is 4.90 Å². The van der Waals surface area contributed by atoms with Crippen LogP contribution in [-0.2, 0) is 12.8 Å². The number of carbonyl (C=O) groups is 1. The molecule has 0 unspecified atom stereocenters. The highest BCUT2D eigenvalue weighted by molar-refractivity contribution is 7.10. The van der Waals surface area contributed by atoms with Crippen LogP contribution < -0.4 is 0 Å². The van der Waals surface area contributed by atoms with E-state index < -0.39 is 0 Å². The lowest BCUT2D eigenvalue weighted by molar-refractivity contribution is 0.0696. The molecule has 3 heteroatoms. The molecule has 4 rings (SSSR count). The molecule has 3 aromatic rings. The Balaban J connectivity index is 1.65. The smallest absolute Gasteiger partial charge is 0.254 e. The van der Waals surface area contributed by atoms with Crippen LogP contribution in [-0.4, -0.2) is 17.4 Å². The number of benzene rings is 2.